The molecular weight excluding hydrogens is 352 g/mol. The molecule has 0 spiro atoms. The summed E-state index contributed by atoms with van der Waals surface area (Å²) in [5.41, 5.74) is 3.03. The van der Waals surface area contributed by atoms with E-state index in [9.17, 15) is 4.79 Å². The fourth-order valence-corrected chi connectivity index (χ4v) is 4.12. The Bertz CT molecular complexity index is 830. The molecule has 2 aliphatic rings. The van der Waals surface area contributed by atoms with Gasteiger partial charge in [0.2, 0.25) is 6.79 Å². The van der Waals surface area contributed by atoms with Gasteiger partial charge in [0.25, 0.3) is 5.91 Å². The maximum atomic E-state index is 12.6. The van der Waals surface area contributed by atoms with Gasteiger partial charge in [-0.25, -0.2) is 0 Å². The fourth-order valence-electron chi connectivity index (χ4n) is 4.12. The molecule has 5 nitrogen and oxygen atoms in total. The van der Waals surface area contributed by atoms with Gasteiger partial charge in [-0.3, -0.25) is 9.69 Å². The summed E-state index contributed by atoms with van der Waals surface area (Å²) in [6.07, 6.45) is 6.62. The highest BCUT2D eigenvalue weighted by atomic mass is 16.7. The average Bonchev–Trinajstić information content (AvgIpc) is 3.21. The summed E-state index contributed by atoms with van der Waals surface area (Å²) < 4.78 is 10.7. The monoisotopic (exact) mass is 380 g/mol. The van der Waals surface area contributed by atoms with Crippen LogP contribution >= 0.6 is 0 Å². The second-order valence-electron chi connectivity index (χ2n) is 7.73. The Labute approximate surface area is 166 Å². The molecule has 1 aliphatic heterocycles. The Kier molecular flexibility index (Phi) is 5.81. The fraction of sp³-hybridized carbons (Fsp3) is 0.435. The predicted octanol–water partition coefficient (Wildman–Crippen LogP) is 4.11. The van der Waals surface area contributed by atoms with Gasteiger partial charge < -0.3 is 14.8 Å². The molecule has 0 radical (unpaired) electrons. The standard InChI is InChI=1S/C23H28N2O3/c1-25(20-9-3-2-4-10-20)15-19-8-6-5-7-18(19)14-24-23(26)17-11-12-21-22(13-17)28-16-27-21/h5-8,11-13,20H,2-4,9-10,14-16H2,1H3,(H,24,26). The van der Waals surface area contributed by atoms with E-state index in [1.165, 1.54) is 43.2 Å². The van der Waals surface area contributed by atoms with E-state index in [0.29, 0.717) is 29.6 Å². The third-order valence-corrected chi connectivity index (χ3v) is 5.81. The maximum absolute atomic E-state index is 12.6. The molecule has 0 atom stereocenters. The van der Waals surface area contributed by atoms with E-state index in [4.69, 9.17) is 9.47 Å². The van der Waals surface area contributed by atoms with Crippen LogP contribution in [0.3, 0.4) is 0 Å². The highest BCUT2D eigenvalue weighted by molar-refractivity contribution is 5.94. The summed E-state index contributed by atoms with van der Waals surface area (Å²) in [6, 6.07) is 14.3. The van der Waals surface area contributed by atoms with Gasteiger partial charge in [-0.2, -0.15) is 0 Å². The molecule has 1 aliphatic carbocycles. The molecule has 1 N–H and O–H groups in total. The Hall–Kier alpha value is -2.53. The van der Waals surface area contributed by atoms with Gasteiger partial charge in [-0.1, -0.05) is 43.5 Å². The van der Waals surface area contributed by atoms with Crippen LogP contribution in [0.5, 0.6) is 11.5 Å². The van der Waals surface area contributed by atoms with Crippen molar-refractivity contribution in [2.75, 3.05) is 13.8 Å². The van der Waals surface area contributed by atoms with E-state index in [2.05, 4.69) is 35.5 Å². The zero-order valence-electron chi connectivity index (χ0n) is 16.4. The van der Waals surface area contributed by atoms with Crippen LogP contribution in [0.2, 0.25) is 0 Å². The van der Waals surface area contributed by atoms with Crippen LogP contribution in [0.1, 0.15) is 53.6 Å². The first-order valence-corrected chi connectivity index (χ1v) is 10.2. The number of carbonyl (C=O) groups is 1. The molecule has 1 amide bonds. The zero-order valence-corrected chi connectivity index (χ0v) is 16.4. The van der Waals surface area contributed by atoms with E-state index in [1.807, 2.05) is 6.07 Å². The number of carbonyl (C=O) groups excluding carboxylic acids is 1. The number of fused-ring (bicyclic) bond motifs is 1. The lowest BCUT2D eigenvalue weighted by Gasteiger charge is -2.31. The molecule has 0 aromatic heterocycles. The molecule has 0 saturated heterocycles. The smallest absolute Gasteiger partial charge is 0.251 e. The SMILES string of the molecule is CN(Cc1ccccc1CNC(=O)c1ccc2c(c1)OCO2)C1CCCCC1. The first-order chi connectivity index (χ1) is 13.7. The Morgan fingerprint density at radius 2 is 1.79 bits per heavy atom. The van der Waals surface area contributed by atoms with E-state index >= 15 is 0 Å². The minimum absolute atomic E-state index is 0.103. The van der Waals surface area contributed by atoms with Crippen LogP contribution in [0, 0.1) is 0 Å². The molecule has 4 rings (SSSR count). The summed E-state index contributed by atoms with van der Waals surface area (Å²) >= 11 is 0. The van der Waals surface area contributed by atoms with Crippen LogP contribution in [0.25, 0.3) is 0 Å². The molecule has 2 aromatic rings. The Balaban J connectivity index is 1.39. The number of nitrogens with one attached hydrogen (secondary N) is 1. The predicted molar refractivity (Wildman–Crippen MR) is 109 cm³/mol. The van der Waals surface area contributed by atoms with Crippen LogP contribution in [0.4, 0.5) is 0 Å². The zero-order chi connectivity index (χ0) is 19.3. The highest BCUT2D eigenvalue weighted by Crippen LogP contribution is 2.32. The molecule has 1 saturated carbocycles. The van der Waals surface area contributed by atoms with Crippen molar-refractivity contribution in [3.8, 4) is 11.5 Å². The summed E-state index contributed by atoms with van der Waals surface area (Å²) in [5.74, 6) is 1.21. The molecule has 28 heavy (non-hydrogen) atoms. The Morgan fingerprint density at radius 1 is 1.04 bits per heavy atom. The third-order valence-electron chi connectivity index (χ3n) is 5.81. The molecule has 5 heteroatoms. The van der Waals surface area contributed by atoms with Crippen LogP contribution in [-0.2, 0) is 13.1 Å². The minimum Gasteiger partial charge on any atom is -0.454 e. The highest BCUT2D eigenvalue weighted by Gasteiger charge is 2.19. The van der Waals surface area contributed by atoms with Gasteiger partial charge in [0, 0.05) is 24.7 Å². The van der Waals surface area contributed by atoms with Crippen molar-refractivity contribution in [3.63, 3.8) is 0 Å². The van der Waals surface area contributed by atoms with Crippen LogP contribution in [-0.4, -0.2) is 30.7 Å². The van der Waals surface area contributed by atoms with Crippen molar-refractivity contribution in [1.82, 2.24) is 10.2 Å². The number of hydrogen-bond acceptors (Lipinski definition) is 4. The number of ether oxygens (including phenoxy) is 2. The van der Waals surface area contributed by atoms with E-state index < -0.39 is 0 Å². The number of rotatable bonds is 6. The lowest BCUT2D eigenvalue weighted by Crippen LogP contribution is -2.33. The largest absolute Gasteiger partial charge is 0.454 e. The number of amides is 1. The molecular formula is C23H28N2O3. The Morgan fingerprint density at radius 3 is 2.61 bits per heavy atom. The summed E-state index contributed by atoms with van der Waals surface area (Å²) in [7, 11) is 2.22. The lowest BCUT2D eigenvalue weighted by molar-refractivity contribution is 0.0950. The first kappa shape index (κ1) is 18.8. The van der Waals surface area contributed by atoms with Crippen molar-refractivity contribution >= 4 is 5.91 Å². The topological polar surface area (TPSA) is 50.8 Å². The van der Waals surface area contributed by atoms with Gasteiger partial charge in [0.1, 0.15) is 0 Å². The maximum Gasteiger partial charge on any atom is 0.251 e. The van der Waals surface area contributed by atoms with E-state index in [-0.39, 0.29) is 12.7 Å². The minimum atomic E-state index is -0.103. The van der Waals surface area contributed by atoms with Gasteiger partial charge in [0.05, 0.1) is 0 Å². The molecule has 1 fully saturated rings. The average molecular weight is 380 g/mol. The van der Waals surface area contributed by atoms with Gasteiger partial charge in [-0.15, -0.1) is 0 Å². The number of benzene rings is 2. The summed E-state index contributed by atoms with van der Waals surface area (Å²) in [6.45, 7) is 1.64. The lowest BCUT2D eigenvalue weighted by atomic mass is 9.94. The van der Waals surface area contributed by atoms with Crippen molar-refractivity contribution in [2.45, 2.75) is 51.2 Å². The second kappa shape index (κ2) is 8.65. The van der Waals surface area contributed by atoms with Crippen LogP contribution in [0.15, 0.2) is 42.5 Å². The number of nitrogens with zero attached hydrogens (tertiary/aromatic N) is 1. The van der Waals surface area contributed by atoms with Gasteiger partial charge in [0.15, 0.2) is 11.5 Å². The van der Waals surface area contributed by atoms with Gasteiger partial charge >= 0.3 is 0 Å². The molecule has 0 unspecified atom stereocenters. The van der Waals surface area contributed by atoms with Gasteiger partial charge in [-0.05, 0) is 49.2 Å². The van der Waals surface area contributed by atoms with E-state index in [1.54, 1.807) is 18.2 Å². The summed E-state index contributed by atoms with van der Waals surface area (Å²) in [4.78, 5) is 15.1. The molecule has 2 aromatic carbocycles. The van der Waals surface area contributed by atoms with Crippen molar-refractivity contribution in [2.24, 2.45) is 0 Å². The third kappa shape index (κ3) is 4.30. The normalized spacial score (nSPS) is 16.4. The number of hydrogen-bond donors (Lipinski definition) is 1. The first-order valence-electron chi connectivity index (χ1n) is 10.2. The quantitative estimate of drug-likeness (QED) is 0.819. The van der Waals surface area contributed by atoms with E-state index in [0.717, 1.165) is 6.54 Å². The molecule has 0 bridgehead atoms. The van der Waals surface area contributed by atoms with Crippen molar-refractivity contribution < 1.29 is 14.3 Å². The molecule has 148 valence electrons. The van der Waals surface area contributed by atoms with Crippen molar-refractivity contribution in [3.05, 3.63) is 59.2 Å². The van der Waals surface area contributed by atoms with Crippen molar-refractivity contribution in [1.29, 1.82) is 0 Å². The summed E-state index contributed by atoms with van der Waals surface area (Å²) in [5, 5.41) is 3.05. The second-order valence-corrected chi connectivity index (χ2v) is 7.73. The van der Waals surface area contributed by atoms with Crippen LogP contribution < -0.4 is 14.8 Å². The molecule has 1 heterocycles.